The smallest absolute Gasteiger partial charge is 0.265 e. The maximum Gasteiger partial charge on any atom is 0.265 e. The molecular weight excluding hydrogens is 438 g/mol. The number of ether oxygens (including phenoxy) is 1. The molecule has 0 aromatic heterocycles. The summed E-state index contributed by atoms with van der Waals surface area (Å²) in [6.45, 7) is 2.45. The first-order valence-corrected chi connectivity index (χ1v) is 12.9. The van der Waals surface area contributed by atoms with E-state index in [1.807, 2.05) is 19.1 Å². The Morgan fingerprint density at radius 1 is 1.03 bits per heavy atom. The number of amides is 1. The van der Waals surface area contributed by atoms with Crippen LogP contribution in [0.2, 0.25) is 0 Å². The molecule has 0 aliphatic heterocycles. The van der Waals surface area contributed by atoms with Crippen molar-refractivity contribution in [2.45, 2.75) is 55.9 Å². The van der Waals surface area contributed by atoms with Crippen molar-refractivity contribution < 1.29 is 17.9 Å². The molecule has 0 heterocycles. The Balaban J connectivity index is 1.81. The van der Waals surface area contributed by atoms with Crippen molar-refractivity contribution in [2.75, 3.05) is 32.5 Å². The van der Waals surface area contributed by atoms with E-state index in [-0.39, 0.29) is 27.7 Å². The molecule has 0 unspecified atom stereocenters. The number of anilines is 1. The zero-order valence-electron chi connectivity index (χ0n) is 20.0. The third-order valence-corrected chi connectivity index (χ3v) is 7.98. The van der Waals surface area contributed by atoms with E-state index in [0.29, 0.717) is 12.2 Å². The third-order valence-electron chi connectivity index (χ3n) is 6.58. The van der Waals surface area contributed by atoms with Gasteiger partial charge in [-0.2, -0.15) is 0 Å². The minimum Gasteiger partial charge on any atom is -0.495 e. The molecule has 33 heavy (non-hydrogen) atoms. The lowest BCUT2D eigenvalue weighted by molar-refractivity contribution is 0.0869. The SMILES string of the molecule is COc1ccc(C(=O)NCC2(N(C)C)CCCCCC2)cc1S(=O)(=O)Nc1ccc(C)cc1. The van der Waals surface area contributed by atoms with Crippen molar-refractivity contribution in [2.24, 2.45) is 0 Å². The Labute approximate surface area is 197 Å². The third kappa shape index (κ3) is 6.06. The number of likely N-dealkylation sites (N-methyl/N-ethyl adjacent to an activating group) is 1. The van der Waals surface area contributed by atoms with Gasteiger partial charge in [-0.1, -0.05) is 43.4 Å². The van der Waals surface area contributed by atoms with Crippen LogP contribution in [0.1, 0.15) is 54.4 Å². The predicted octanol–water partition coefficient (Wildman–Crippen LogP) is 4.19. The average molecular weight is 474 g/mol. The molecule has 1 saturated carbocycles. The number of hydrogen-bond donors (Lipinski definition) is 2. The molecule has 0 bridgehead atoms. The summed E-state index contributed by atoms with van der Waals surface area (Å²) in [6, 6.07) is 11.5. The first kappa shape index (κ1) is 25.1. The summed E-state index contributed by atoms with van der Waals surface area (Å²) in [6.07, 6.45) is 6.79. The summed E-state index contributed by atoms with van der Waals surface area (Å²) >= 11 is 0. The van der Waals surface area contributed by atoms with Crippen LogP contribution < -0.4 is 14.8 Å². The molecule has 1 amide bonds. The molecule has 0 spiro atoms. The minimum absolute atomic E-state index is 0.0741. The first-order chi connectivity index (χ1) is 15.7. The van der Waals surface area contributed by atoms with Gasteiger partial charge in [0.05, 0.1) is 7.11 Å². The number of nitrogens with one attached hydrogen (secondary N) is 2. The van der Waals surface area contributed by atoms with Crippen molar-refractivity contribution >= 4 is 21.6 Å². The molecule has 1 fully saturated rings. The highest BCUT2D eigenvalue weighted by molar-refractivity contribution is 7.92. The standard InChI is InChI=1S/C25H35N3O4S/c1-19-9-12-21(13-10-19)27-33(30,31)23-17-20(11-14-22(23)32-4)24(29)26-18-25(28(2)3)15-7-5-6-8-16-25/h9-14,17,27H,5-8,15-16,18H2,1-4H3,(H,26,29). The highest BCUT2D eigenvalue weighted by atomic mass is 32.2. The fourth-order valence-electron chi connectivity index (χ4n) is 4.38. The topological polar surface area (TPSA) is 87.7 Å². The van der Waals surface area contributed by atoms with Crippen LogP contribution in [-0.4, -0.2) is 52.5 Å². The molecule has 180 valence electrons. The van der Waals surface area contributed by atoms with Crippen LogP contribution in [0.3, 0.4) is 0 Å². The number of rotatable bonds is 8. The zero-order valence-corrected chi connectivity index (χ0v) is 20.8. The van der Waals surface area contributed by atoms with Gasteiger partial charge in [0.2, 0.25) is 0 Å². The Kier molecular flexibility index (Phi) is 8.02. The quantitative estimate of drug-likeness (QED) is 0.562. The van der Waals surface area contributed by atoms with Gasteiger partial charge in [-0.25, -0.2) is 8.42 Å². The molecule has 8 heteroatoms. The van der Waals surface area contributed by atoms with Crippen molar-refractivity contribution in [3.05, 3.63) is 53.6 Å². The number of methoxy groups -OCH3 is 1. The largest absolute Gasteiger partial charge is 0.495 e. The van der Waals surface area contributed by atoms with Crippen LogP contribution in [0.25, 0.3) is 0 Å². The van der Waals surface area contributed by atoms with Gasteiger partial charge in [-0.3, -0.25) is 9.52 Å². The van der Waals surface area contributed by atoms with Gasteiger partial charge in [-0.05, 0) is 64.2 Å². The summed E-state index contributed by atoms with van der Waals surface area (Å²) in [4.78, 5) is 15.2. The van der Waals surface area contributed by atoms with Crippen LogP contribution in [0.15, 0.2) is 47.4 Å². The van der Waals surface area contributed by atoms with Gasteiger partial charge in [0.25, 0.3) is 15.9 Å². The van der Waals surface area contributed by atoms with E-state index in [9.17, 15) is 13.2 Å². The lowest BCUT2D eigenvalue weighted by atomic mass is 9.88. The Hall–Kier alpha value is -2.58. The molecule has 2 N–H and O–H groups in total. The minimum atomic E-state index is -3.95. The molecular formula is C25H35N3O4S. The van der Waals surface area contributed by atoms with Gasteiger partial charge in [0.1, 0.15) is 10.6 Å². The fourth-order valence-corrected chi connectivity index (χ4v) is 5.63. The van der Waals surface area contributed by atoms with Crippen LogP contribution in [0, 0.1) is 6.92 Å². The van der Waals surface area contributed by atoms with Gasteiger partial charge in [0.15, 0.2) is 0 Å². The molecule has 3 rings (SSSR count). The maximum atomic E-state index is 13.1. The molecule has 7 nitrogen and oxygen atoms in total. The van der Waals surface area contributed by atoms with Crippen LogP contribution in [0.4, 0.5) is 5.69 Å². The van der Waals surface area contributed by atoms with Crippen LogP contribution >= 0.6 is 0 Å². The van der Waals surface area contributed by atoms with E-state index in [4.69, 9.17) is 4.74 Å². The van der Waals surface area contributed by atoms with Crippen LogP contribution in [0.5, 0.6) is 5.75 Å². The number of sulfonamides is 1. The summed E-state index contributed by atoms with van der Waals surface area (Å²) in [5.74, 6) is -0.116. The summed E-state index contributed by atoms with van der Waals surface area (Å²) < 4.78 is 34.0. The second kappa shape index (κ2) is 10.6. The van der Waals surface area contributed by atoms with E-state index >= 15 is 0 Å². The number of hydrogen-bond acceptors (Lipinski definition) is 5. The number of carbonyl (C=O) groups is 1. The summed E-state index contributed by atoms with van der Waals surface area (Å²) in [5.41, 5.74) is 1.67. The lowest BCUT2D eigenvalue weighted by Crippen LogP contribution is -2.52. The van der Waals surface area contributed by atoms with Gasteiger partial charge in [0, 0.05) is 23.3 Å². The van der Waals surface area contributed by atoms with E-state index < -0.39 is 10.0 Å². The van der Waals surface area contributed by atoms with Crippen molar-refractivity contribution in [3.63, 3.8) is 0 Å². The number of aryl methyl sites for hydroxylation is 1. The molecule has 1 aliphatic carbocycles. The summed E-state index contributed by atoms with van der Waals surface area (Å²) in [7, 11) is 1.58. The van der Waals surface area contributed by atoms with Crippen molar-refractivity contribution in [3.8, 4) is 5.75 Å². The Bertz CT molecular complexity index is 1060. The maximum absolute atomic E-state index is 13.1. The molecule has 0 atom stereocenters. The second-order valence-corrected chi connectivity index (χ2v) is 10.7. The second-order valence-electron chi connectivity index (χ2n) is 9.05. The van der Waals surface area contributed by atoms with Gasteiger partial charge in [-0.15, -0.1) is 0 Å². The highest BCUT2D eigenvalue weighted by Crippen LogP contribution is 2.31. The molecule has 2 aromatic carbocycles. The van der Waals surface area contributed by atoms with E-state index in [0.717, 1.165) is 31.2 Å². The molecule has 0 radical (unpaired) electrons. The first-order valence-electron chi connectivity index (χ1n) is 11.4. The van der Waals surface area contributed by atoms with E-state index in [1.54, 1.807) is 18.2 Å². The molecule has 1 aliphatic rings. The molecule has 2 aromatic rings. The highest BCUT2D eigenvalue weighted by Gasteiger charge is 2.33. The lowest BCUT2D eigenvalue weighted by Gasteiger charge is -2.39. The van der Waals surface area contributed by atoms with E-state index in [2.05, 4.69) is 29.0 Å². The fraction of sp³-hybridized carbons (Fsp3) is 0.480. The zero-order chi connectivity index (χ0) is 24.1. The number of carbonyl (C=O) groups excluding carboxylic acids is 1. The Morgan fingerprint density at radius 3 is 2.24 bits per heavy atom. The van der Waals surface area contributed by atoms with Crippen LogP contribution in [-0.2, 0) is 10.0 Å². The monoisotopic (exact) mass is 473 g/mol. The molecule has 0 saturated heterocycles. The van der Waals surface area contributed by atoms with Gasteiger partial charge >= 0.3 is 0 Å². The Morgan fingerprint density at radius 2 is 1.67 bits per heavy atom. The van der Waals surface area contributed by atoms with Gasteiger partial charge < -0.3 is 15.0 Å². The normalized spacial score (nSPS) is 16.2. The van der Waals surface area contributed by atoms with E-state index in [1.165, 1.54) is 32.1 Å². The predicted molar refractivity (Wildman–Crippen MR) is 131 cm³/mol. The number of benzene rings is 2. The number of nitrogens with zero attached hydrogens (tertiary/aromatic N) is 1. The average Bonchev–Trinajstić information content (AvgIpc) is 3.05. The van der Waals surface area contributed by atoms with Crippen molar-refractivity contribution in [1.82, 2.24) is 10.2 Å². The van der Waals surface area contributed by atoms with Crippen molar-refractivity contribution in [1.29, 1.82) is 0 Å². The summed E-state index contributed by atoms with van der Waals surface area (Å²) in [5, 5.41) is 3.05.